The van der Waals surface area contributed by atoms with Gasteiger partial charge in [-0.05, 0) is 25.7 Å². The molecule has 0 spiro atoms. The zero-order chi connectivity index (χ0) is 22.6. The van der Waals surface area contributed by atoms with Crippen LogP contribution in [0.25, 0.3) is 0 Å². The van der Waals surface area contributed by atoms with Crippen molar-refractivity contribution in [3.63, 3.8) is 0 Å². The lowest BCUT2D eigenvalue weighted by molar-refractivity contribution is -0.304. The molecule has 7 heteroatoms. The van der Waals surface area contributed by atoms with Crippen LogP contribution in [0, 0.1) is 0 Å². The minimum absolute atomic E-state index is 0.526. The number of aliphatic carboxylic acids is 1. The Hall–Kier alpha value is -0.260. The molecule has 6 nitrogen and oxygen atoms in total. The van der Waals surface area contributed by atoms with E-state index in [0.29, 0.717) is 0 Å². The standard InChI is InChI=1S/C16H36P.C6H13NO5/c1-5-9-13-17(14-10-6-2,15-11-7-3)16-12-8-4;8-2-6(3-9,4-10)7-1-5(11)12/h5-16H2,1-4H3;7-10H,1-4H2,(H,11,12)/q+1;/p-1. The number of aliphatic hydroxyl groups is 3. The van der Waals surface area contributed by atoms with Gasteiger partial charge in [-0.2, -0.15) is 0 Å². The van der Waals surface area contributed by atoms with Crippen LogP contribution in [0.15, 0.2) is 0 Å². The van der Waals surface area contributed by atoms with Crippen molar-refractivity contribution in [2.45, 2.75) is 84.6 Å². The highest BCUT2D eigenvalue weighted by Gasteiger charge is 2.34. The van der Waals surface area contributed by atoms with Gasteiger partial charge in [0.2, 0.25) is 0 Å². The number of hydrogen-bond donors (Lipinski definition) is 4. The number of nitrogens with one attached hydrogen (secondary N) is 1. The molecule has 0 saturated heterocycles. The second-order valence-corrected chi connectivity index (χ2v) is 12.6. The summed E-state index contributed by atoms with van der Waals surface area (Å²) in [6, 6.07) is 0. The average molecular weight is 438 g/mol. The molecular formula is C22H48NO5P. The number of aliphatic hydroxyl groups excluding tert-OH is 3. The van der Waals surface area contributed by atoms with E-state index < -0.39 is 45.1 Å². The van der Waals surface area contributed by atoms with Crippen LogP contribution in [0.3, 0.4) is 0 Å². The number of unbranched alkanes of at least 4 members (excludes halogenated alkanes) is 4. The van der Waals surface area contributed by atoms with E-state index in [4.69, 9.17) is 15.3 Å². The highest BCUT2D eigenvalue weighted by molar-refractivity contribution is 7.75. The summed E-state index contributed by atoms with van der Waals surface area (Å²) in [5.41, 5.74) is -1.35. The predicted molar refractivity (Wildman–Crippen MR) is 123 cm³/mol. The molecule has 0 atom stereocenters. The van der Waals surface area contributed by atoms with Gasteiger partial charge < -0.3 is 30.5 Å². The zero-order valence-electron chi connectivity index (χ0n) is 19.4. The number of carboxylic acid groups (broad SMARTS) is 1. The maximum atomic E-state index is 9.98. The number of carbonyl (C=O) groups excluding carboxylic acids is 1. The Balaban J connectivity index is 0. The Kier molecular flexibility index (Phi) is 21.0. The quantitative estimate of drug-likeness (QED) is 0.245. The summed E-state index contributed by atoms with van der Waals surface area (Å²) in [5.74, 6) is -1.37. The summed E-state index contributed by atoms with van der Waals surface area (Å²) in [4.78, 5) is 9.98. The summed E-state index contributed by atoms with van der Waals surface area (Å²) in [6.45, 7) is 7.25. The molecule has 0 aromatic heterocycles. The summed E-state index contributed by atoms with van der Waals surface area (Å²) < 4.78 is 0. The van der Waals surface area contributed by atoms with Crippen LogP contribution >= 0.6 is 7.26 Å². The molecule has 0 aromatic rings. The summed E-state index contributed by atoms with van der Waals surface area (Å²) in [5, 5.41) is 38.3. The van der Waals surface area contributed by atoms with Crippen LogP contribution < -0.4 is 10.4 Å². The lowest BCUT2D eigenvalue weighted by Gasteiger charge is -2.28. The molecule has 4 N–H and O–H groups in total. The molecule has 0 aliphatic carbocycles. The summed E-state index contributed by atoms with van der Waals surface area (Å²) in [7, 11) is -0.562. The molecule has 0 amide bonds. The first-order chi connectivity index (χ1) is 13.8. The fourth-order valence-corrected chi connectivity index (χ4v) is 8.51. The van der Waals surface area contributed by atoms with Crippen LogP contribution in [0.1, 0.15) is 79.1 Å². The summed E-state index contributed by atoms with van der Waals surface area (Å²) >= 11 is 0. The van der Waals surface area contributed by atoms with Crippen LogP contribution in [0.4, 0.5) is 0 Å². The van der Waals surface area contributed by atoms with Crippen molar-refractivity contribution in [2.24, 2.45) is 0 Å². The first-order valence-corrected chi connectivity index (χ1v) is 14.0. The molecule has 0 fully saturated rings. The van der Waals surface area contributed by atoms with Crippen molar-refractivity contribution < 1.29 is 25.2 Å². The van der Waals surface area contributed by atoms with Crippen LogP contribution in [-0.2, 0) is 4.79 Å². The predicted octanol–water partition coefficient (Wildman–Crippen LogP) is 2.25. The first-order valence-electron chi connectivity index (χ1n) is 11.5. The van der Waals surface area contributed by atoms with Gasteiger partial charge in [0.25, 0.3) is 0 Å². The van der Waals surface area contributed by atoms with Gasteiger partial charge in [-0.25, -0.2) is 0 Å². The minimum atomic E-state index is -1.37. The van der Waals surface area contributed by atoms with Crippen molar-refractivity contribution in [1.29, 1.82) is 0 Å². The van der Waals surface area contributed by atoms with E-state index in [0.717, 1.165) is 0 Å². The van der Waals surface area contributed by atoms with Gasteiger partial charge in [0.15, 0.2) is 0 Å². The molecule has 0 aliphatic rings. The van der Waals surface area contributed by atoms with Crippen molar-refractivity contribution >= 4 is 13.2 Å². The Bertz CT molecular complexity index is 332. The zero-order valence-corrected chi connectivity index (χ0v) is 20.3. The normalized spacial score (nSPS) is 11.8. The van der Waals surface area contributed by atoms with E-state index >= 15 is 0 Å². The fourth-order valence-electron chi connectivity index (χ4n) is 3.22. The van der Waals surface area contributed by atoms with E-state index in [2.05, 4.69) is 33.0 Å². The number of carboxylic acids is 1. The highest BCUT2D eigenvalue weighted by atomic mass is 31.2. The highest BCUT2D eigenvalue weighted by Crippen LogP contribution is 2.61. The number of carbonyl (C=O) groups is 1. The fraction of sp³-hybridized carbons (Fsp3) is 0.955. The molecule has 0 radical (unpaired) electrons. The van der Waals surface area contributed by atoms with Crippen molar-refractivity contribution in [1.82, 2.24) is 5.32 Å². The molecule has 0 saturated carbocycles. The van der Waals surface area contributed by atoms with E-state index in [9.17, 15) is 9.90 Å². The Morgan fingerprint density at radius 1 is 0.759 bits per heavy atom. The molecule has 0 rings (SSSR count). The third-order valence-corrected chi connectivity index (χ3v) is 10.5. The minimum Gasteiger partial charge on any atom is -0.549 e. The Morgan fingerprint density at radius 3 is 1.28 bits per heavy atom. The number of hydrogen-bond acceptors (Lipinski definition) is 6. The third-order valence-electron chi connectivity index (χ3n) is 5.46. The molecule has 0 bridgehead atoms. The number of rotatable bonds is 18. The molecule has 0 aliphatic heterocycles. The van der Waals surface area contributed by atoms with Crippen molar-refractivity contribution in [3.8, 4) is 0 Å². The third kappa shape index (κ3) is 15.2. The molecular weight excluding hydrogens is 389 g/mol. The van der Waals surface area contributed by atoms with Crippen LogP contribution in [-0.4, -0.2) is 77.8 Å². The molecule has 0 heterocycles. The lowest BCUT2D eigenvalue weighted by Crippen LogP contribution is -2.57. The Labute approximate surface area is 179 Å². The smallest absolute Gasteiger partial charge is 0.0884 e. The molecule has 0 aromatic carbocycles. The van der Waals surface area contributed by atoms with Gasteiger partial charge >= 0.3 is 0 Å². The van der Waals surface area contributed by atoms with E-state index in [1.165, 1.54) is 51.4 Å². The second kappa shape index (κ2) is 19.7. The van der Waals surface area contributed by atoms with Gasteiger partial charge in [-0.1, -0.05) is 53.4 Å². The SMILES string of the molecule is CCCC[P+](CCCC)(CCCC)CCCC.O=C([O-])CNC(CO)(CO)CO. The van der Waals surface area contributed by atoms with Gasteiger partial charge in [0.05, 0.1) is 56.0 Å². The van der Waals surface area contributed by atoms with Gasteiger partial charge in [-0.15, -0.1) is 0 Å². The second-order valence-electron chi connectivity index (χ2n) is 8.13. The van der Waals surface area contributed by atoms with Gasteiger partial charge in [0.1, 0.15) is 0 Å². The van der Waals surface area contributed by atoms with Crippen LogP contribution in [0.2, 0.25) is 0 Å². The van der Waals surface area contributed by atoms with Crippen molar-refractivity contribution in [2.75, 3.05) is 51.0 Å². The monoisotopic (exact) mass is 437 g/mol. The first kappa shape index (κ1) is 30.9. The van der Waals surface area contributed by atoms with E-state index in [-0.39, 0.29) is 0 Å². The largest absolute Gasteiger partial charge is 0.549 e. The molecule has 29 heavy (non-hydrogen) atoms. The lowest BCUT2D eigenvalue weighted by atomic mass is 10.0. The molecule has 176 valence electrons. The molecule has 0 unspecified atom stereocenters. The van der Waals surface area contributed by atoms with E-state index in [1.54, 1.807) is 24.6 Å². The van der Waals surface area contributed by atoms with Gasteiger partial charge in [-0.3, -0.25) is 0 Å². The van der Waals surface area contributed by atoms with Crippen LogP contribution in [0.5, 0.6) is 0 Å². The van der Waals surface area contributed by atoms with Crippen molar-refractivity contribution in [3.05, 3.63) is 0 Å². The summed E-state index contributed by atoms with van der Waals surface area (Å²) in [6.07, 6.45) is 17.9. The maximum Gasteiger partial charge on any atom is 0.0884 e. The maximum absolute atomic E-state index is 9.98. The van der Waals surface area contributed by atoms with E-state index in [1.807, 2.05) is 0 Å². The average Bonchev–Trinajstić information content (AvgIpc) is 2.74. The Morgan fingerprint density at radius 2 is 1.07 bits per heavy atom. The topological polar surface area (TPSA) is 113 Å². The van der Waals surface area contributed by atoms with Gasteiger partial charge in [0, 0.05) is 13.8 Å².